The molecule has 0 bridgehead atoms. The third kappa shape index (κ3) is 2.78. The van der Waals surface area contributed by atoms with E-state index in [4.69, 9.17) is 0 Å². The van der Waals surface area contributed by atoms with Gasteiger partial charge in [0.05, 0.1) is 5.52 Å². The molecule has 0 unspecified atom stereocenters. The monoisotopic (exact) mass is 259 g/mol. The molecule has 0 aliphatic carbocycles. The first-order valence-corrected chi connectivity index (χ1v) is 6.59. The molecule has 2 aromatic rings. The highest BCUT2D eigenvalue weighted by atomic mass is 16.2. The zero-order valence-electron chi connectivity index (χ0n) is 12.2. The van der Waals surface area contributed by atoms with E-state index in [1.54, 1.807) is 4.52 Å². The SMILES string of the molecule is CC(C)NC(=O)c1cc(C(C)(C)C)c2cccn2n1. The van der Waals surface area contributed by atoms with Crippen molar-refractivity contribution < 1.29 is 4.79 Å². The number of fused-ring (bicyclic) bond motifs is 1. The highest BCUT2D eigenvalue weighted by Gasteiger charge is 2.21. The van der Waals surface area contributed by atoms with Crippen LogP contribution in [0.5, 0.6) is 0 Å². The summed E-state index contributed by atoms with van der Waals surface area (Å²) in [7, 11) is 0. The van der Waals surface area contributed by atoms with Gasteiger partial charge in [0.25, 0.3) is 5.91 Å². The van der Waals surface area contributed by atoms with E-state index in [1.807, 2.05) is 38.2 Å². The third-order valence-electron chi connectivity index (χ3n) is 2.96. The van der Waals surface area contributed by atoms with Crippen LogP contribution in [0.15, 0.2) is 24.4 Å². The van der Waals surface area contributed by atoms with Crippen molar-refractivity contribution in [2.45, 2.75) is 46.1 Å². The van der Waals surface area contributed by atoms with Gasteiger partial charge < -0.3 is 5.32 Å². The predicted octanol–water partition coefficient (Wildman–Crippen LogP) is 2.77. The van der Waals surface area contributed by atoms with E-state index in [-0.39, 0.29) is 17.4 Å². The number of amides is 1. The minimum atomic E-state index is -0.129. The smallest absolute Gasteiger partial charge is 0.271 e. The van der Waals surface area contributed by atoms with Crippen molar-refractivity contribution in [3.63, 3.8) is 0 Å². The molecule has 0 spiro atoms. The lowest BCUT2D eigenvalue weighted by Gasteiger charge is -2.21. The molecule has 0 saturated heterocycles. The first kappa shape index (κ1) is 13.6. The fourth-order valence-corrected chi connectivity index (χ4v) is 2.08. The molecule has 2 rings (SSSR count). The highest BCUT2D eigenvalue weighted by Crippen LogP contribution is 2.27. The molecule has 102 valence electrons. The topological polar surface area (TPSA) is 46.4 Å². The first-order valence-electron chi connectivity index (χ1n) is 6.59. The number of carbonyl (C=O) groups excluding carboxylic acids is 1. The van der Waals surface area contributed by atoms with E-state index in [0.29, 0.717) is 5.69 Å². The predicted molar refractivity (Wildman–Crippen MR) is 76.5 cm³/mol. The fraction of sp³-hybridized carbons (Fsp3) is 0.467. The Labute approximate surface area is 113 Å². The van der Waals surface area contributed by atoms with E-state index in [2.05, 4.69) is 31.2 Å². The van der Waals surface area contributed by atoms with Crippen LogP contribution < -0.4 is 5.32 Å². The van der Waals surface area contributed by atoms with Crippen LogP contribution in [0.2, 0.25) is 0 Å². The Kier molecular flexibility index (Phi) is 3.35. The van der Waals surface area contributed by atoms with Gasteiger partial charge in [0.1, 0.15) is 5.69 Å². The van der Waals surface area contributed by atoms with Crippen molar-refractivity contribution >= 4 is 11.4 Å². The van der Waals surface area contributed by atoms with Crippen LogP contribution in [0.3, 0.4) is 0 Å². The zero-order chi connectivity index (χ0) is 14.2. The van der Waals surface area contributed by atoms with Crippen LogP contribution in [-0.4, -0.2) is 21.6 Å². The summed E-state index contributed by atoms with van der Waals surface area (Å²) in [6.45, 7) is 10.3. The van der Waals surface area contributed by atoms with Gasteiger partial charge in [0, 0.05) is 12.2 Å². The highest BCUT2D eigenvalue weighted by molar-refractivity contribution is 5.93. The lowest BCUT2D eigenvalue weighted by Crippen LogP contribution is -2.31. The van der Waals surface area contributed by atoms with Crippen molar-refractivity contribution in [2.75, 3.05) is 0 Å². The minimum Gasteiger partial charge on any atom is -0.348 e. The normalized spacial score (nSPS) is 12.1. The maximum atomic E-state index is 12.1. The summed E-state index contributed by atoms with van der Waals surface area (Å²) in [6.07, 6.45) is 1.87. The summed E-state index contributed by atoms with van der Waals surface area (Å²) in [5, 5.41) is 7.25. The molecule has 4 heteroatoms. The number of hydrogen-bond acceptors (Lipinski definition) is 2. The fourth-order valence-electron chi connectivity index (χ4n) is 2.08. The van der Waals surface area contributed by atoms with Crippen LogP contribution in [0.1, 0.15) is 50.7 Å². The summed E-state index contributed by atoms with van der Waals surface area (Å²) in [6, 6.07) is 5.97. The quantitative estimate of drug-likeness (QED) is 0.901. The van der Waals surface area contributed by atoms with Gasteiger partial charge in [-0.1, -0.05) is 20.8 Å². The Hall–Kier alpha value is -1.84. The molecule has 0 atom stereocenters. The molecule has 0 aliphatic heterocycles. The molecule has 2 heterocycles. The van der Waals surface area contributed by atoms with Gasteiger partial charge in [0.15, 0.2) is 0 Å². The summed E-state index contributed by atoms with van der Waals surface area (Å²) in [5.41, 5.74) is 2.60. The lowest BCUT2D eigenvalue weighted by molar-refractivity contribution is 0.0936. The lowest BCUT2D eigenvalue weighted by atomic mass is 9.86. The number of nitrogens with zero attached hydrogens (tertiary/aromatic N) is 2. The Balaban J connectivity index is 2.55. The summed E-state index contributed by atoms with van der Waals surface area (Å²) in [4.78, 5) is 12.1. The zero-order valence-corrected chi connectivity index (χ0v) is 12.2. The second-order valence-electron chi connectivity index (χ2n) is 6.16. The third-order valence-corrected chi connectivity index (χ3v) is 2.96. The van der Waals surface area contributed by atoms with Gasteiger partial charge >= 0.3 is 0 Å². The van der Waals surface area contributed by atoms with Crippen LogP contribution in [-0.2, 0) is 5.41 Å². The largest absolute Gasteiger partial charge is 0.348 e. The van der Waals surface area contributed by atoms with Gasteiger partial charge in [0.2, 0.25) is 0 Å². The molecule has 0 saturated carbocycles. The van der Waals surface area contributed by atoms with Crippen molar-refractivity contribution in [2.24, 2.45) is 0 Å². The molecule has 4 nitrogen and oxygen atoms in total. The number of rotatable bonds is 2. The molecule has 0 aliphatic rings. The number of hydrogen-bond donors (Lipinski definition) is 1. The summed E-state index contributed by atoms with van der Waals surface area (Å²) >= 11 is 0. The average molecular weight is 259 g/mol. The molecule has 1 N–H and O–H groups in total. The molecule has 19 heavy (non-hydrogen) atoms. The van der Waals surface area contributed by atoms with Gasteiger partial charge in [-0.15, -0.1) is 0 Å². The Morgan fingerprint density at radius 2 is 2.05 bits per heavy atom. The van der Waals surface area contributed by atoms with Crippen molar-refractivity contribution in [3.8, 4) is 0 Å². The molecular formula is C15H21N3O. The van der Waals surface area contributed by atoms with Crippen molar-refractivity contribution in [3.05, 3.63) is 35.7 Å². The van der Waals surface area contributed by atoms with Crippen LogP contribution in [0, 0.1) is 0 Å². The van der Waals surface area contributed by atoms with Crippen molar-refractivity contribution in [1.29, 1.82) is 0 Å². The van der Waals surface area contributed by atoms with Crippen LogP contribution in [0.4, 0.5) is 0 Å². The van der Waals surface area contributed by atoms with Crippen LogP contribution >= 0.6 is 0 Å². The van der Waals surface area contributed by atoms with Crippen molar-refractivity contribution in [1.82, 2.24) is 14.9 Å². The second kappa shape index (κ2) is 4.68. The standard InChI is InChI=1S/C15H21N3O/c1-10(2)16-14(19)12-9-11(15(3,4)5)13-7-6-8-18(13)17-12/h6-10H,1-5H3,(H,16,19). The first-order chi connectivity index (χ1) is 8.79. The van der Waals surface area contributed by atoms with Gasteiger partial charge in [-0.25, -0.2) is 4.52 Å². The maximum Gasteiger partial charge on any atom is 0.271 e. The maximum absolute atomic E-state index is 12.1. The molecule has 0 fully saturated rings. The Morgan fingerprint density at radius 3 is 2.63 bits per heavy atom. The average Bonchev–Trinajstić information content (AvgIpc) is 2.72. The molecule has 0 aromatic carbocycles. The Bertz CT molecular complexity index is 605. The van der Waals surface area contributed by atoms with Gasteiger partial charge in [-0.05, 0) is 43.0 Å². The number of aromatic nitrogens is 2. The van der Waals surface area contributed by atoms with E-state index in [9.17, 15) is 4.79 Å². The van der Waals surface area contributed by atoms with Gasteiger partial charge in [-0.3, -0.25) is 4.79 Å². The van der Waals surface area contributed by atoms with Crippen LogP contribution in [0.25, 0.3) is 5.52 Å². The molecule has 1 amide bonds. The van der Waals surface area contributed by atoms with E-state index in [1.165, 1.54) is 0 Å². The van der Waals surface area contributed by atoms with E-state index in [0.717, 1.165) is 11.1 Å². The summed E-state index contributed by atoms with van der Waals surface area (Å²) in [5.74, 6) is -0.129. The van der Waals surface area contributed by atoms with E-state index < -0.39 is 0 Å². The van der Waals surface area contributed by atoms with E-state index >= 15 is 0 Å². The number of carbonyl (C=O) groups is 1. The Morgan fingerprint density at radius 1 is 1.37 bits per heavy atom. The minimum absolute atomic E-state index is 0.0323. The molecule has 0 radical (unpaired) electrons. The number of nitrogens with one attached hydrogen (secondary N) is 1. The second-order valence-corrected chi connectivity index (χ2v) is 6.16. The summed E-state index contributed by atoms with van der Waals surface area (Å²) < 4.78 is 1.77. The van der Waals surface area contributed by atoms with Gasteiger partial charge in [-0.2, -0.15) is 5.10 Å². The molecular weight excluding hydrogens is 238 g/mol. The molecule has 2 aromatic heterocycles.